The first-order valence-corrected chi connectivity index (χ1v) is 12.4. The summed E-state index contributed by atoms with van der Waals surface area (Å²) in [6.45, 7) is 3.54. The second kappa shape index (κ2) is 11.1. The molecule has 180 valence electrons. The lowest BCUT2D eigenvalue weighted by Crippen LogP contribution is -2.42. The number of methoxy groups -OCH3 is 2. The third kappa shape index (κ3) is 5.69. The fraction of sp³-hybridized carbons (Fsp3) is 0.269. The van der Waals surface area contributed by atoms with Crippen molar-refractivity contribution >= 4 is 21.6 Å². The van der Waals surface area contributed by atoms with Crippen molar-refractivity contribution in [3.63, 3.8) is 0 Å². The molecule has 0 saturated carbocycles. The van der Waals surface area contributed by atoms with Crippen LogP contribution in [0.25, 0.3) is 0 Å². The molecule has 34 heavy (non-hydrogen) atoms. The monoisotopic (exact) mass is 482 g/mol. The molecule has 0 radical (unpaired) electrons. The van der Waals surface area contributed by atoms with E-state index in [-0.39, 0.29) is 16.6 Å². The molecule has 1 atom stereocenters. The average Bonchev–Trinajstić information content (AvgIpc) is 2.86. The lowest BCUT2D eigenvalue weighted by Gasteiger charge is -2.27. The van der Waals surface area contributed by atoms with Crippen LogP contribution in [-0.4, -0.2) is 35.1 Å². The Morgan fingerprint density at radius 3 is 2.24 bits per heavy atom. The van der Waals surface area contributed by atoms with Gasteiger partial charge in [0.15, 0.2) is 0 Å². The maximum Gasteiger partial charge on any atom is 0.264 e. The summed E-state index contributed by atoms with van der Waals surface area (Å²) in [4.78, 5) is 13.2. The number of carbonyl (C=O) groups excluding carboxylic acids is 1. The number of hydrogen-bond donors (Lipinski definition) is 1. The predicted molar refractivity (Wildman–Crippen MR) is 133 cm³/mol. The molecule has 0 unspecified atom stereocenters. The smallest absolute Gasteiger partial charge is 0.264 e. The molecule has 0 aliphatic carbocycles. The third-order valence-electron chi connectivity index (χ3n) is 5.50. The number of hydrogen-bond acceptors (Lipinski definition) is 5. The van der Waals surface area contributed by atoms with Gasteiger partial charge in [0.2, 0.25) is 5.91 Å². The fourth-order valence-electron chi connectivity index (χ4n) is 3.60. The van der Waals surface area contributed by atoms with Gasteiger partial charge in [0.05, 0.1) is 30.8 Å². The van der Waals surface area contributed by atoms with Gasteiger partial charge in [0.1, 0.15) is 18.0 Å². The SMILES string of the molecule is CC[C@H](NC(=O)CN(c1cc(OC)ccc1OC)S(=O)(=O)c1ccccc1)c1ccc(C)cc1. The van der Waals surface area contributed by atoms with Crippen LogP contribution in [0.2, 0.25) is 0 Å². The highest BCUT2D eigenvalue weighted by atomic mass is 32.2. The Labute approximate surface area is 201 Å². The van der Waals surface area contributed by atoms with Crippen molar-refractivity contribution in [1.29, 1.82) is 0 Å². The standard InChI is InChI=1S/C26H30N2O5S/c1-5-23(20-13-11-19(2)12-14-20)27-26(29)18-28(34(30,31)22-9-7-6-8-10-22)24-17-21(32-3)15-16-25(24)33-4/h6-17,23H,5,18H2,1-4H3,(H,27,29)/t23-/m0/s1. The topological polar surface area (TPSA) is 84.9 Å². The molecule has 3 rings (SSSR count). The second-order valence-corrected chi connectivity index (χ2v) is 9.66. The molecule has 1 amide bonds. The summed E-state index contributed by atoms with van der Waals surface area (Å²) in [5, 5.41) is 2.98. The van der Waals surface area contributed by atoms with E-state index in [1.807, 2.05) is 38.1 Å². The van der Waals surface area contributed by atoms with Crippen LogP contribution >= 0.6 is 0 Å². The van der Waals surface area contributed by atoms with Gasteiger partial charge in [-0.15, -0.1) is 0 Å². The van der Waals surface area contributed by atoms with Crippen molar-refractivity contribution in [2.24, 2.45) is 0 Å². The first-order chi connectivity index (χ1) is 16.3. The zero-order chi connectivity index (χ0) is 24.7. The summed E-state index contributed by atoms with van der Waals surface area (Å²) in [6, 6.07) is 20.5. The molecule has 0 spiro atoms. The van der Waals surface area contributed by atoms with Gasteiger partial charge in [0, 0.05) is 6.07 Å². The number of amides is 1. The Morgan fingerprint density at radius 1 is 0.971 bits per heavy atom. The van der Waals surface area contributed by atoms with E-state index in [9.17, 15) is 13.2 Å². The second-order valence-electron chi connectivity index (χ2n) is 7.80. The number of sulfonamides is 1. The lowest BCUT2D eigenvalue weighted by atomic mass is 10.0. The van der Waals surface area contributed by atoms with E-state index in [4.69, 9.17) is 9.47 Å². The van der Waals surface area contributed by atoms with Gasteiger partial charge in [-0.3, -0.25) is 9.10 Å². The maximum absolute atomic E-state index is 13.6. The van der Waals surface area contributed by atoms with E-state index in [2.05, 4.69) is 5.32 Å². The minimum absolute atomic E-state index is 0.0678. The normalized spacial score (nSPS) is 12.0. The molecule has 0 saturated heterocycles. The van der Waals surface area contributed by atoms with E-state index in [1.165, 1.54) is 26.4 Å². The fourth-order valence-corrected chi connectivity index (χ4v) is 5.05. The predicted octanol–water partition coefficient (Wildman–Crippen LogP) is 4.48. The van der Waals surface area contributed by atoms with E-state index in [0.29, 0.717) is 17.9 Å². The summed E-state index contributed by atoms with van der Waals surface area (Å²) in [6.07, 6.45) is 0.655. The van der Waals surface area contributed by atoms with Crippen molar-refractivity contribution in [3.8, 4) is 11.5 Å². The summed E-state index contributed by atoms with van der Waals surface area (Å²) in [5.74, 6) is 0.311. The highest BCUT2D eigenvalue weighted by Gasteiger charge is 2.30. The van der Waals surface area contributed by atoms with Gasteiger partial charge in [0.25, 0.3) is 10.0 Å². The van der Waals surface area contributed by atoms with Gasteiger partial charge >= 0.3 is 0 Å². The van der Waals surface area contributed by atoms with Crippen molar-refractivity contribution in [3.05, 3.63) is 83.9 Å². The Balaban J connectivity index is 1.99. The Bertz CT molecular complexity index is 1210. The van der Waals surface area contributed by atoms with Crippen LogP contribution in [0.15, 0.2) is 77.7 Å². The van der Waals surface area contributed by atoms with E-state index >= 15 is 0 Å². The maximum atomic E-state index is 13.6. The van der Waals surface area contributed by atoms with E-state index in [1.54, 1.807) is 36.4 Å². The average molecular weight is 483 g/mol. The van der Waals surface area contributed by atoms with Crippen LogP contribution in [0.4, 0.5) is 5.69 Å². The van der Waals surface area contributed by atoms with Crippen LogP contribution in [0.3, 0.4) is 0 Å². The highest BCUT2D eigenvalue weighted by Crippen LogP contribution is 2.35. The van der Waals surface area contributed by atoms with Crippen LogP contribution in [0.1, 0.15) is 30.5 Å². The quantitative estimate of drug-likeness (QED) is 0.461. The molecule has 8 heteroatoms. The number of carbonyl (C=O) groups is 1. The summed E-state index contributed by atoms with van der Waals surface area (Å²) >= 11 is 0. The summed E-state index contributed by atoms with van der Waals surface area (Å²) in [7, 11) is -1.15. The minimum Gasteiger partial charge on any atom is -0.497 e. The van der Waals surface area contributed by atoms with Gasteiger partial charge in [-0.1, -0.05) is 55.0 Å². The van der Waals surface area contributed by atoms with Crippen LogP contribution < -0.4 is 19.1 Å². The van der Waals surface area contributed by atoms with Gasteiger partial charge in [-0.2, -0.15) is 0 Å². The first-order valence-electron chi connectivity index (χ1n) is 11.0. The molecule has 0 aromatic heterocycles. The molecule has 0 aliphatic rings. The number of nitrogens with zero attached hydrogens (tertiary/aromatic N) is 1. The number of aryl methyl sites for hydroxylation is 1. The first kappa shape index (κ1) is 25.1. The Morgan fingerprint density at radius 2 is 1.65 bits per heavy atom. The number of anilines is 1. The molecule has 0 bridgehead atoms. The van der Waals surface area contributed by atoms with E-state index < -0.39 is 22.5 Å². The van der Waals surface area contributed by atoms with Gasteiger partial charge < -0.3 is 14.8 Å². The van der Waals surface area contributed by atoms with Crippen molar-refractivity contribution in [2.75, 3.05) is 25.1 Å². The third-order valence-corrected chi connectivity index (χ3v) is 7.27. The van der Waals surface area contributed by atoms with Gasteiger partial charge in [-0.05, 0) is 43.2 Å². The van der Waals surface area contributed by atoms with Crippen LogP contribution in [0, 0.1) is 6.92 Å². The molecule has 3 aromatic carbocycles. The van der Waals surface area contributed by atoms with Crippen molar-refractivity contribution in [2.45, 2.75) is 31.2 Å². The molecular formula is C26H30N2O5S. The number of rotatable bonds is 10. The Hall–Kier alpha value is -3.52. The minimum atomic E-state index is -4.08. The zero-order valence-corrected chi connectivity index (χ0v) is 20.6. The molecule has 3 aromatic rings. The molecule has 7 nitrogen and oxygen atoms in total. The molecule has 0 aliphatic heterocycles. The Kier molecular flexibility index (Phi) is 8.17. The molecular weight excluding hydrogens is 452 g/mol. The van der Waals surface area contributed by atoms with Crippen molar-refractivity contribution < 1.29 is 22.7 Å². The van der Waals surface area contributed by atoms with Gasteiger partial charge in [-0.25, -0.2) is 8.42 Å². The highest BCUT2D eigenvalue weighted by molar-refractivity contribution is 7.92. The summed E-state index contributed by atoms with van der Waals surface area (Å²) < 4.78 is 39.1. The zero-order valence-electron chi connectivity index (χ0n) is 19.8. The van der Waals surface area contributed by atoms with E-state index in [0.717, 1.165) is 15.4 Å². The van der Waals surface area contributed by atoms with Crippen molar-refractivity contribution in [1.82, 2.24) is 5.32 Å². The molecule has 0 heterocycles. The number of benzene rings is 3. The lowest BCUT2D eigenvalue weighted by molar-refractivity contribution is -0.120. The molecule has 0 fully saturated rings. The van der Waals surface area contributed by atoms with Crippen LogP contribution in [-0.2, 0) is 14.8 Å². The largest absolute Gasteiger partial charge is 0.497 e. The summed E-state index contributed by atoms with van der Waals surface area (Å²) in [5.41, 5.74) is 2.29. The molecule has 1 N–H and O–H groups in total. The van der Waals surface area contributed by atoms with Crippen LogP contribution in [0.5, 0.6) is 11.5 Å². The number of nitrogens with one attached hydrogen (secondary N) is 1. The number of ether oxygens (including phenoxy) is 2.